The molecule has 0 spiro atoms. The molecule has 4 aromatic rings. The van der Waals surface area contributed by atoms with Crippen molar-refractivity contribution >= 4 is 43.7 Å². The highest BCUT2D eigenvalue weighted by atomic mass is 32.2. The van der Waals surface area contributed by atoms with E-state index in [1.807, 2.05) is 0 Å². The Balaban J connectivity index is 1.76. The lowest BCUT2D eigenvalue weighted by molar-refractivity contribution is 0.0491. The Kier molecular flexibility index (Phi) is 5.12. The molecule has 0 bridgehead atoms. The van der Waals surface area contributed by atoms with E-state index in [-0.39, 0.29) is 23.0 Å². The van der Waals surface area contributed by atoms with Gasteiger partial charge in [0.15, 0.2) is 0 Å². The smallest absolute Gasteiger partial charge is 0.374 e. The van der Waals surface area contributed by atoms with Gasteiger partial charge >= 0.3 is 11.7 Å². The van der Waals surface area contributed by atoms with Crippen LogP contribution in [0.5, 0.6) is 0 Å². The van der Waals surface area contributed by atoms with E-state index in [9.17, 15) is 18.0 Å². The molecule has 0 saturated carbocycles. The quantitative estimate of drug-likeness (QED) is 0.461. The van der Waals surface area contributed by atoms with Crippen molar-refractivity contribution < 1.29 is 22.4 Å². The van der Waals surface area contributed by atoms with Crippen molar-refractivity contribution in [2.75, 3.05) is 11.3 Å². The van der Waals surface area contributed by atoms with E-state index in [0.29, 0.717) is 38.8 Å². The monoisotopic (exact) mass is 457 g/mol. The van der Waals surface area contributed by atoms with Crippen molar-refractivity contribution in [2.24, 2.45) is 14.1 Å². The first kappa shape index (κ1) is 21.7. The topological polar surface area (TPSA) is 113 Å². The van der Waals surface area contributed by atoms with Gasteiger partial charge in [-0.15, -0.1) is 0 Å². The number of aromatic nitrogens is 2. The number of carbonyl (C=O) groups excluding carboxylic acids is 1. The predicted octanol–water partition coefficient (Wildman–Crippen LogP) is 3.22. The van der Waals surface area contributed by atoms with Crippen molar-refractivity contribution in [1.82, 2.24) is 9.13 Å². The van der Waals surface area contributed by atoms with Crippen molar-refractivity contribution in [3.05, 3.63) is 57.7 Å². The van der Waals surface area contributed by atoms with Gasteiger partial charge in [-0.2, -0.15) is 0 Å². The number of anilines is 1. The molecule has 0 unspecified atom stereocenters. The Labute approximate surface area is 184 Å². The molecule has 168 valence electrons. The normalized spacial score (nSPS) is 11.9. The number of rotatable bonds is 5. The number of benzene rings is 2. The van der Waals surface area contributed by atoms with Crippen LogP contribution in [0.3, 0.4) is 0 Å². The molecule has 32 heavy (non-hydrogen) atoms. The summed E-state index contributed by atoms with van der Waals surface area (Å²) in [6.07, 6.45) is 0. The lowest BCUT2D eigenvalue weighted by Gasteiger charge is -2.12. The van der Waals surface area contributed by atoms with Gasteiger partial charge < -0.3 is 9.15 Å². The number of ether oxygens (including phenoxy) is 1. The summed E-state index contributed by atoms with van der Waals surface area (Å²) in [7, 11) is -0.651. The highest BCUT2D eigenvalue weighted by Crippen LogP contribution is 2.30. The van der Waals surface area contributed by atoms with Crippen LogP contribution in [0.4, 0.5) is 5.69 Å². The number of carbonyl (C=O) groups is 1. The number of nitrogens with one attached hydrogen (secondary N) is 1. The molecule has 10 heteroatoms. The van der Waals surface area contributed by atoms with Gasteiger partial charge in [0.25, 0.3) is 10.0 Å². The number of hydrogen-bond acceptors (Lipinski definition) is 6. The predicted molar refractivity (Wildman–Crippen MR) is 121 cm³/mol. The maximum Gasteiger partial charge on any atom is 0.374 e. The van der Waals surface area contributed by atoms with Crippen LogP contribution >= 0.6 is 0 Å². The van der Waals surface area contributed by atoms with E-state index >= 15 is 0 Å². The Bertz CT molecular complexity index is 1560. The van der Waals surface area contributed by atoms with Gasteiger partial charge in [0.2, 0.25) is 5.76 Å². The molecule has 1 N–H and O–H groups in total. The van der Waals surface area contributed by atoms with Crippen molar-refractivity contribution in [3.8, 4) is 0 Å². The number of esters is 1. The largest absolute Gasteiger partial charge is 0.460 e. The van der Waals surface area contributed by atoms with Gasteiger partial charge in [-0.1, -0.05) is 0 Å². The number of hydrogen-bond donors (Lipinski definition) is 1. The highest BCUT2D eigenvalue weighted by Gasteiger charge is 2.22. The first-order chi connectivity index (χ1) is 15.0. The maximum absolute atomic E-state index is 13.1. The van der Waals surface area contributed by atoms with E-state index in [2.05, 4.69) is 4.72 Å². The van der Waals surface area contributed by atoms with Gasteiger partial charge in [-0.3, -0.25) is 13.9 Å². The van der Waals surface area contributed by atoms with E-state index in [1.54, 1.807) is 47.0 Å². The SMILES string of the molecule is CCOC(=O)c1oc2ccc(S(=O)(=O)Nc3cc4c(cc3C)n(C)c(=O)n4C)cc2c1C. The van der Waals surface area contributed by atoms with E-state index in [1.165, 1.54) is 27.3 Å². The summed E-state index contributed by atoms with van der Waals surface area (Å²) in [6.45, 7) is 5.34. The Morgan fingerprint density at radius 2 is 1.75 bits per heavy atom. The first-order valence-corrected chi connectivity index (χ1v) is 11.4. The summed E-state index contributed by atoms with van der Waals surface area (Å²) in [4.78, 5) is 24.3. The standard InChI is InChI=1S/C22H23N3O6S/c1-6-30-21(26)20-13(3)15-10-14(7-8-19(15)31-20)32(28,29)23-16-11-18-17(9-12(16)2)24(4)22(27)25(18)5/h7-11,23H,6H2,1-5H3. The third kappa shape index (κ3) is 3.36. The van der Waals surface area contributed by atoms with Crippen LogP contribution in [0, 0.1) is 13.8 Å². The minimum atomic E-state index is -3.95. The van der Waals surface area contributed by atoms with Crippen LogP contribution in [-0.2, 0) is 28.9 Å². The lowest BCUT2D eigenvalue weighted by atomic mass is 10.1. The average Bonchev–Trinajstić information content (AvgIpc) is 3.18. The summed E-state index contributed by atoms with van der Waals surface area (Å²) in [5, 5.41) is 0.508. The number of fused-ring (bicyclic) bond motifs is 2. The van der Waals surface area contributed by atoms with Crippen LogP contribution in [-0.4, -0.2) is 30.1 Å². The molecule has 0 aliphatic carbocycles. The molecule has 0 aliphatic heterocycles. The zero-order chi connectivity index (χ0) is 23.4. The second kappa shape index (κ2) is 7.56. The van der Waals surface area contributed by atoms with Gasteiger partial charge in [0, 0.05) is 25.0 Å². The molecule has 2 aromatic carbocycles. The Morgan fingerprint density at radius 3 is 2.41 bits per heavy atom. The molecule has 0 fully saturated rings. The van der Waals surface area contributed by atoms with Gasteiger partial charge in [0.1, 0.15) is 5.58 Å². The number of furan rings is 1. The zero-order valence-corrected chi connectivity index (χ0v) is 19.2. The third-order valence-electron chi connectivity index (χ3n) is 5.54. The van der Waals surface area contributed by atoms with E-state index in [0.717, 1.165) is 0 Å². The van der Waals surface area contributed by atoms with Gasteiger partial charge in [-0.05, 0) is 56.7 Å². The molecule has 0 radical (unpaired) electrons. The Morgan fingerprint density at radius 1 is 1.09 bits per heavy atom. The van der Waals surface area contributed by atoms with Crippen LogP contribution in [0.25, 0.3) is 22.0 Å². The fourth-order valence-electron chi connectivity index (χ4n) is 3.72. The fraction of sp³-hybridized carbons (Fsp3) is 0.273. The van der Waals surface area contributed by atoms with Crippen molar-refractivity contribution in [1.29, 1.82) is 0 Å². The van der Waals surface area contributed by atoms with Gasteiger partial charge in [0.05, 0.1) is 28.2 Å². The van der Waals surface area contributed by atoms with Crippen molar-refractivity contribution in [2.45, 2.75) is 25.7 Å². The molecule has 2 heterocycles. The molecular formula is C22H23N3O6S. The molecule has 0 atom stereocenters. The first-order valence-electron chi connectivity index (χ1n) is 9.94. The second-order valence-electron chi connectivity index (χ2n) is 7.60. The molecule has 0 amide bonds. The second-order valence-corrected chi connectivity index (χ2v) is 9.28. The van der Waals surface area contributed by atoms with E-state index < -0.39 is 16.0 Å². The summed E-state index contributed by atoms with van der Waals surface area (Å²) in [5.74, 6) is -0.545. The summed E-state index contributed by atoms with van der Waals surface area (Å²) in [6, 6.07) is 7.80. The number of nitrogens with zero attached hydrogens (tertiary/aromatic N) is 2. The molecular weight excluding hydrogens is 434 g/mol. The minimum absolute atomic E-state index is 0.0192. The summed E-state index contributed by atoms with van der Waals surface area (Å²) >= 11 is 0. The molecule has 4 rings (SSSR count). The zero-order valence-electron chi connectivity index (χ0n) is 18.3. The molecule has 9 nitrogen and oxygen atoms in total. The van der Waals surface area contributed by atoms with Crippen molar-refractivity contribution in [3.63, 3.8) is 0 Å². The number of aryl methyl sites for hydroxylation is 4. The maximum atomic E-state index is 13.1. The average molecular weight is 458 g/mol. The van der Waals surface area contributed by atoms with Crippen LogP contribution in [0.2, 0.25) is 0 Å². The third-order valence-corrected chi connectivity index (χ3v) is 6.90. The Hall–Kier alpha value is -3.53. The van der Waals surface area contributed by atoms with Crippen LogP contribution in [0.1, 0.15) is 28.6 Å². The molecule has 0 saturated heterocycles. The number of sulfonamides is 1. The van der Waals surface area contributed by atoms with E-state index in [4.69, 9.17) is 9.15 Å². The number of imidazole rings is 1. The van der Waals surface area contributed by atoms with Crippen LogP contribution in [0.15, 0.2) is 44.4 Å². The lowest BCUT2D eigenvalue weighted by Crippen LogP contribution is -2.19. The summed E-state index contributed by atoms with van der Waals surface area (Å²) in [5.41, 5.74) is 3.06. The molecule has 0 aliphatic rings. The molecule has 2 aromatic heterocycles. The summed E-state index contributed by atoms with van der Waals surface area (Å²) < 4.78 is 42.4. The fourth-order valence-corrected chi connectivity index (χ4v) is 4.87. The highest BCUT2D eigenvalue weighted by molar-refractivity contribution is 7.92. The van der Waals surface area contributed by atoms with Gasteiger partial charge in [-0.25, -0.2) is 18.0 Å². The minimum Gasteiger partial charge on any atom is -0.460 e. The van der Waals surface area contributed by atoms with Crippen LogP contribution < -0.4 is 10.4 Å².